The summed E-state index contributed by atoms with van der Waals surface area (Å²) in [6.07, 6.45) is 0. The lowest BCUT2D eigenvalue weighted by Gasteiger charge is -2.37. The number of hydrogen-bond donors (Lipinski definition) is 0. The number of halogens is 1. The summed E-state index contributed by atoms with van der Waals surface area (Å²) in [7, 11) is -3.31. The van der Waals surface area contributed by atoms with Gasteiger partial charge in [0.25, 0.3) is 0 Å². The van der Waals surface area contributed by atoms with Gasteiger partial charge < -0.3 is 13.8 Å². The van der Waals surface area contributed by atoms with Crippen LogP contribution in [-0.4, -0.2) is 44.4 Å². The Labute approximate surface area is 137 Å². The van der Waals surface area contributed by atoms with E-state index in [1.54, 1.807) is 12.1 Å². The number of benzene rings is 1. The predicted octanol–water partition coefficient (Wildman–Crippen LogP) is 3.94. The molecule has 0 bridgehead atoms. The Morgan fingerprint density at radius 3 is 2.23 bits per heavy atom. The van der Waals surface area contributed by atoms with Crippen LogP contribution in [-0.2, 0) is 18.3 Å². The fourth-order valence-corrected chi connectivity index (χ4v) is 4.96. The Morgan fingerprint density at radius 1 is 1.18 bits per heavy atom. The first-order chi connectivity index (χ1) is 10.6. The van der Waals surface area contributed by atoms with Crippen LogP contribution in [0.4, 0.5) is 0 Å². The fraction of sp³-hybridized carbons (Fsp3) is 0.600. The average Bonchev–Trinajstić information content (AvgIpc) is 2.51. The second kappa shape index (κ2) is 8.44. The molecule has 22 heavy (non-hydrogen) atoms. The van der Waals surface area contributed by atoms with E-state index in [1.165, 1.54) is 0 Å². The first-order valence-electron chi connectivity index (χ1n) is 7.56. The van der Waals surface area contributed by atoms with Crippen LogP contribution in [0, 0.1) is 0 Å². The van der Waals surface area contributed by atoms with E-state index >= 15 is 0 Å². The summed E-state index contributed by atoms with van der Waals surface area (Å²) in [5, 5.41) is 0.645. The third-order valence-electron chi connectivity index (χ3n) is 3.48. The second-order valence-electron chi connectivity index (χ2n) is 4.95. The Kier molecular flexibility index (Phi) is 6.87. The summed E-state index contributed by atoms with van der Waals surface area (Å²) in [4.78, 5) is 2.11. The van der Waals surface area contributed by atoms with Crippen LogP contribution < -0.4 is 0 Å². The molecule has 1 aliphatic rings. The Balaban J connectivity index is 2.38. The molecule has 0 aliphatic carbocycles. The van der Waals surface area contributed by atoms with Crippen molar-refractivity contribution in [3.05, 3.63) is 34.9 Å². The van der Waals surface area contributed by atoms with Crippen LogP contribution in [0.25, 0.3) is 0 Å². The van der Waals surface area contributed by atoms with E-state index in [1.807, 2.05) is 26.0 Å². The molecule has 0 amide bonds. The first kappa shape index (κ1) is 17.9. The third-order valence-corrected chi connectivity index (χ3v) is 6.19. The van der Waals surface area contributed by atoms with Crippen molar-refractivity contribution >= 4 is 19.2 Å². The quantitative estimate of drug-likeness (QED) is 0.699. The number of rotatable bonds is 7. The van der Waals surface area contributed by atoms with Crippen molar-refractivity contribution < 1.29 is 18.3 Å². The average molecular weight is 348 g/mol. The summed E-state index contributed by atoms with van der Waals surface area (Å²) in [5.41, 5.74) is 0.886. The van der Waals surface area contributed by atoms with Gasteiger partial charge in [0.05, 0.1) is 26.4 Å². The molecule has 124 valence electrons. The van der Waals surface area contributed by atoms with Gasteiger partial charge in [0, 0.05) is 18.1 Å². The number of ether oxygens (including phenoxy) is 1. The highest BCUT2D eigenvalue weighted by Crippen LogP contribution is 2.62. The van der Waals surface area contributed by atoms with E-state index in [-0.39, 0.29) is 0 Å². The molecule has 1 aromatic rings. The third kappa shape index (κ3) is 4.31. The minimum absolute atomic E-state index is 0.339. The zero-order valence-electron chi connectivity index (χ0n) is 13.0. The summed E-state index contributed by atoms with van der Waals surface area (Å²) >= 11 is 5.97. The van der Waals surface area contributed by atoms with E-state index in [9.17, 15) is 4.57 Å². The lowest BCUT2D eigenvalue weighted by atomic mass is 10.2. The van der Waals surface area contributed by atoms with Gasteiger partial charge in [-0.05, 0) is 31.5 Å². The molecular weight excluding hydrogens is 325 g/mol. The van der Waals surface area contributed by atoms with Gasteiger partial charge in [-0.2, -0.15) is 0 Å². The second-order valence-corrected chi connectivity index (χ2v) is 7.47. The maximum atomic E-state index is 13.3. The van der Waals surface area contributed by atoms with Crippen molar-refractivity contribution in [3.63, 3.8) is 0 Å². The van der Waals surface area contributed by atoms with Gasteiger partial charge in [-0.25, -0.2) is 0 Å². The van der Waals surface area contributed by atoms with E-state index in [0.29, 0.717) is 44.5 Å². The standard InChI is InChI=1S/C15H23ClNO4P/c1-3-20-22(18,21-4-2)15(17-9-11-19-12-10-17)13-5-7-14(16)8-6-13/h5-8,15H,3-4,9-12H2,1-2H3. The van der Waals surface area contributed by atoms with Crippen molar-refractivity contribution in [2.24, 2.45) is 0 Å². The lowest BCUT2D eigenvalue weighted by Crippen LogP contribution is -2.39. The number of nitrogens with zero attached hydrogens (tertiary/aromatic N) is 1. The Hall–Kier alpha value is -0.420. The molecule has 5 nitrogen and oxygen atoms in total. The van der Waals surface area contributed by atoms with Gasteiger partial charge in [-0.3, -0.25) is 9.46 Å². The molecule has 1 aliphatic heterocycles. The van der Waals surface area contributed by atoms with Crippen molar-refractivity contribution in [1.29, 1.82) is 0 Å². The van der Waals surface area contributed by atoms with E-state index < -0.39 is 13.4 Å². The zero-order chi connectivity index (χ0) is 16.0. The summed E-state index contributed by atoms with van der Waals surface area (Å²) in [6.45, 7) is 6.94. The minimum Gasteiger partial charge on any atom is -0.379 e. The normalized spacial score (nSPS) is 18.3. The highest BCUT2D eigenvalue weighted by molar-refractivity contribution is 7.54. The molecule has 2 rings (SSSR count). The number of hydrogen-bond acceptors (Lipinski definition) is 5. The highest BCUT2D eigenvalue weighted by Gasteiger charge is 2.41. The van der Waals surface area contributed by atoms with Gasteiger partial charge in [0.15, 0.2) is 0 Å². The molecule has 0 spiro atoms. The predicted molar refractivity (Wildman–Crippen MR) is 87.4 cm³/mol. The SMILES string of the molecule is CCOP(=O)(OCC)C(c1ccc(Cl)cc1)N1CCOCC1. The van der Waals surface area contributed by atoms with Gasteiger partial charge in [-0.15, -0.1) is 0 Å². The van der Waals surface area contributed by atoms with Crippen LogP contribution in [0.3, 0.4) is 0 Å². The molecule has 0 aromatic heterocycles. The zero-order valence-corrected chi connectivity index (χ0v) is 14.7. The van der Waals surface area contributed by atoms with Gasteiger partial charge in [0.2, 0.25) is 0 Å². The molecule has 0 saturated carbocycles. The molecule has 1 fully saturated rings. The van der Waals surface area contributed by atoms with Crippen LogP contribution in [0.5, 0.6) is 0 Å². The van der Waals surface area contributed by atoms with Gasteiger partial charge in [-0.1, -0.05) is 23.7 Å². The maximum absolute atomic E-state index is 13.3. The fourth-order valence-electron chi connectivity index (χ4n) is 2.59. The molecule has 7 heteroatoms. The van der Waals surface area contributed by atoms with E-state index in [4.69, 9.17) is 25.4 Å². The largest absolute Gasteiger partial charge is 0.379 e. The molecule has 1 aromatic carbocycles. The van der Waals surface area contributed by atoms with Gasteiger partial charge in [0.1, 0.15) is 5.78 Å². The molecule has 1 saturated heterocycles. The van der Waals surface area contributed by atoms with Crippen LogP contribution in [0.15, 0.2) is 24.3 Å². The maximum Gasteiger partial charge on any atom is 0.352 e. The van der Waals surface area contributed by atoms with Crippen LogP contribution in [0.2, 0.25) is 5.02 Å². The van der Waals surface area contributed by atoms with Gasteiger partial charge >= 0.3 is 7.60 Å². The Bertz CT molecular complexity index is 495. The van der Waals surface area contributed by atoms with E-state index in [0.717, 1.165) is 5.56 Å². The van der Waals surface area contributed by atoms with Crippen molar-refractivity contribution in [2.75, 3.05) is 39.5 Å². The highest BCUT2D eigenvalue weighted by atomic mass is 35.5. The number of morpholine rings is 1. The smallest absolute Gasteiger partial charge is 0.352 e. The minimum atomic E-state index is -3.31. The van der Waals surface area contributed by atoms with E-state index in [2.05, 4.69) is 4.90 Å². The van der Waals surface area contributed by atoms with Crippen molar-refractivity contribution in [2.45, 2.75) is 19.6 Å². The van der Waals surface area contributed by atoms with Crippen molar-refractivity contribution in [1.82, 2.24) is 4.90 Å². The molecule has 1 heterocycles. The summed E-state index contributed by atoms with van der Waals surface area (Å²) in [6, 6.07) is 7.36. The summed E-state index contributed by atoms with van der Waals surface area (Å²) < 4.78 is 29.9. The molecular formula is C15H23ClNO4P. The lowest BCUT2D eigenvalue weighted by molar-refractivity contribution is 0.0237. The monoisotopic (exact) mass is 347 g/mol. The van der Waals surface area contributed by atoms with Crippen LogP contribution >= 0.6 is 19.2 Å². The van der Waals surface area contributed by atoms with Crippen molar-refractivity contribution in [3.8, 4) is 0 Å². The topological polar surface area (TPSA) is 48.0 Å². The van der Waals surface area contributed by atoms with Crippen LogP contribution in [0.1, 0.15) is 25.2 Å². The summed E-state index contributed by atoms with van der Waals surface area (Å²) in [5.74, 6) is -0.437. The first-order valence-corrected chi connectivity index (χ1v) is 9.55. The molecule has 0 N–H and O–H groups in total. The molecule has 0 radical (unpaired) electrons. The Morgan fingerprint density at radius 2 is 1.73 bits per heavy atom. The molecule has 1 atom stereocenters. The molecule has 1 unspecified atom stereocenters.